The fourth-order valence-electron chi connectivity index (χ4n) is 1.46. The second-order valence-corrected chi connectivity index (χ2v) is 5.69. The minimum absolute atomic E-state index is 0.0515. The first-order valence-corrected chi connectivity index (χ1v) is 7.70. The van der Waals surface area contributed by atoms with Crippen molar-refractivity contribution in [3.63, 3.8) is 0 Å². The number of amides is 2. The van der Waals surface area contributed by atoms with Crippen molar-refractivity contribution in [2.45, 2.75) is 0 Å². The SMILES string of the molecule is NC(=O)c1ccccc1NC(=O)C1=CC=IC=C1. The Morgan fingerprint density at radius 3 is 2.67 bits per heavy atom. The van der Waals surface area contributed by atoms with Crippen LogP contribution in [-0.4, -0.2) is 15.8 Å². The van der Waals surface area contributed by atoms with Crippen LogP contribution in [0.15, 0.2) is 46.1 Å². The molecule has 0 saturated carbocycles. The highest BCUT2D eigenvalue weighted by molar-refractivity contribution is 14.2. The number of nitrogens with one attached hydrogen (secondary N) is 1. The number of carbonyl (C=O) groups excluding carboxylic acids is 2. The van der Waals surface area contributed by atoms with Gasteiger partial charge in [-0.3, -0.25) is 9.59 Å². The van der Waals surface area contributed by atoms with Crippen LogP contribution in [0.1, 0.15) is 10.4 Å². The summed E-state index contributed by atoms with van der Waals surface area (Å²) in [6.45, 7) is 0. The maximum absolute atomic E-state index is 12.0. The number of para-hydroxylation sites is 1. The van der Waals surface area contributed by atoms with Crippen LogP contribution in [0, 0.1) is 0 Å². The molecule has 0 fully saturated rings. The highest BCUT2D eigenvalue weighted by Crippen LogP contribution is 2.17. The lowest BCUT2D eigenvalue weighted by atomic mass is 10.1. The summed E-state index contributed by atoms with van der Waals surface area (Å²) < 4.78 is 4.02. The Morgan fingerprint density at radius 2 is 2.00 bits per heavy atom. The van der Waals surface area contributed by atoms with Crippen molar-refractivity contribution in [3.8, 4) is 0 Å². The Kier molecular flexibility index (Phi) is 4.03. The third kappa shape index (κ3) is 2.92. The fraction of sp³-hybridized carbons (Fsp3) is 0. The predicted octanol–water partition coefficient (Wildman–Crippen LogP) is 1.95. The average Bonchev–Trinajstić information content (AvgIpc) is 2.40. The molecule has 3 N–H and O–H groups in total. The van der Waals surface area contributed by atoms with E-state index in [0.717, 1.165) is 0 Å². The lowest BCUT2D eigenvalue weighted by molar-refractivity contribution is -0.112. The Bertz CT molecular complexity index is 588. The van der Waals surface area contributed by atoms with Crippen LogP contribution < -0.4 is 11.1 Å². The number of anilines is 1. The average molecular weight is 354 g/mol. The van der Waals surface area contributed by atoms with Crippen molar-refractivity contribution in [3.05, 3.63) is 51.6 Å². The highest BCUT2D eigenvalue weighted by atomic mass is 127. The molecule has 0 aromatic heterocycles. The molecule has 0 radical (unpaired) electrons. The third-order valence-electron chi connectivity index (χ3n) is 2.33. The molecule has 2 rings (SSSR count). The number of allylic oxidation sites excluding steroid dienone is 1. The van der Waals surface area contributed by atoms with E-state index in [4.69, 9.17) is 5.73 Å². The number of rotatable bonds is 3. The van der Waals surface area contributed by atoms with E-state index >= 15 is 0 Å². The molecule has 1 aliphatic heterocycles. The zero-order valence-electron chi connectivity index (χ0n) is 9.39. The second kappa shape index (κ2) is 5.72. The molecule has 1 heterocycles. The minimum Gasteiger partial charge on any atom is -0.366 e. The molecular weight excluding hydrogens is 343 g/mol. The number of primary amides is 1. The number of benzene rings is 1. The van der Waals surface area contributed by atoms with Gasteiger partial charge in [0.2, 0.25) is 0 Å². The van der Waals surface area contributed by atoms with Gasteiger partial charge in [-0.05, 0) is 32.4 Å². The number of hydrogen-bond acceptors (Lipinski definition) is 2. The lowest BCUT2D eigenvalue weighted by Gasteiger charge is -2.09. The number of halogens is 1. The van der Waals surface area contributed by atoms with Gasteiger partial charge in [0.25, 0.3) is 11.8 Å². The summed E-state index contributed by atoms with van der Waals surface area (Å²) in [6.07, 6.45) is 3.60. The zero-order valence-corrected chi connectivity index (χ0v) is 11.5. The molecule has 4 nitrogen and oxygen atoms in total. The summed E-state index contributed by atoms with van der Waals surface area (Å²) in [5.41, 5.74) is 6.57. The largest absolute Gasteiger partial charge is 0.366 e. The summed E-state index contributed by atoms with van der Waals surface area (Å²) in [7, 11) is 0. The quantitative estimate of drug-likeness (QED) is 0.815. The van der Waals surface area contributed by atoms with Crippen molar-refractivity contribution in [2.75, 3.05) is 5.32 Å². The fourth-order valence-corrected chi connectivity index (χ4v) is 2.89. The van der Waals surface area contributed by atoms with E-state index in [1.165, 1.54) is 0 Å². The zero-order chi connectivity index (χ0) is 13.0. The van der Waals surface area contributed by atoms with Gasteiger partial charge in [-0.1, -0.05) is 32.9 Å². The maximum Gasteiger partial charge on any atom is 0.255 e. The second-order valence-electron chi connectivity index (χ2n) is 3.53. The van der Waals surface area contributed by atoms with Crippen molar-refractivity contribution in [1.82, 2.24) is 0 Å². The van der Waals surface area contributed by atoms with Crippen molar-refractivity contribution >= 4 is 42.2 Å². The summed E-state index contributed by atoms with van der Waals surface area (Å²) in [5.74, 6) is -0.795. The van der Waals surface area contributed by atoms with Gasteiger partial charge in [0.1, 0.15) is 0 Å². The monoisotopic (exact) mass is 354 g/mol. The first-order valence-electron chi connectivity index (χ1n) is 5.20. The molecule has 0 saturated heterocycles. The molecule has 0 bridgehead atoms. The van der Waals surface area contributed by atoms with Crippen molar-refractivity contribution < 1.29 is 9.59 Å². The minimum atomic E-state index is -0.559. The summed E-state index contributed by atoms with van der Waals surface area (Å²) >= 11 is -0.0515. The van der Waals surface area contributed by atoms with Crippen molar-refractivity contribution in [1.29, 1.82) is 0 Å². The van der Waals surface area contributed by atoms with E-state index in [2.05, 4.69) is 5.32 Å². The summed E-state index contributed by atoms with van der Waals surface area (Å²) in [6, 6.07) is 6.68. The van der Waals surface area contributed by atoms with Crippen LogP contribution in [-0.2, 0) is 4.79 Å². The van der Waals surface area contributed by atoms with Gasteiger partial charge in [0, 0.05) is 5.57 Å². The molecule has 0 aliphatic carbocycles. The molecule has 0 spiro atoms. The highest BCUT2D eigenvalue weighted by Gasteiger charge is 2.12. The number of nitrogens with two attached hydrogens (primary N) is 1. The predicted molar refractivity (Wildman–Crippen MR) is 80.9 cm³/mol. The smallest absolute Gasteiger partial charge is 0.255 e. The van der Waals surface area contributed by atoms with Crippen LogP contribution in [0.2, 0.25) is 0 Å². The van der Waals surface area contributed by atoms with Crippen LogP contribution >= 0.6 is 20.7 Å². The van der Waals surface area contributed by atoms with E-state index < -0.39 is 5.91 Å². The molecular formula is C13H11IN2O2. The molecule has 1 aromatic rings. The van der Waals surface area contributed by atoms with E-state index in [1.54, 1.807) is 36.4 Å². The molecule has 2 amide bonds. The van der Waals surface area contributed by atoms with Gasteiger partial charge in [0.15, 0.2) is 0 Å². The van der Waals surface area contributed by atoms with Crippen molar-refractivity contribution in [2.24, 2.45) is 5.73 Å². The van der Waals surface area contributed by atoms with Gasteiger partial charge in [-0.2, -0.15) is 0 Å². The molecule has 0 atom stereocenters. The maximum atomic E-state index is 12.0. The van der Waals surface area contributed by atoms with Crippen LogP contribution in [0.4, 0.5) is 5.69 Å². The van der Waals surface area contributed by atoms with E-state index in [1.807, 2.05) is 8.09 Å². The standard InChI is InChI=1S/C13H11IN2O2/c15-12(17)10-3-1-2-4-11(10)16-13(18)9-5-7-14-8-6-9/h1-8H,(H2,15,17)(H,16,18). The Labute approximate surface area is 114 Å². The molecule has 0 unspecified atom stereocenters. The molecule has 92 valence electrons. The van der Waals surface area contributed by atoms with Gasteiger partial charge >= 0.3 is 0 Å². The number of hydrogen-bond donors (Lipinski definition) is 2. The molecule has 1 aliphatic rings. The van der Waals surface area contributed by atoms with Crippen LogP contribution in [0.25, 0.3) is 0 Å². The van der Waals surface area contributed by atoms with Crippen LogP contribution in [0.5, 0.6) is 0 Å². The van der Waals surface area contributed by atoms with Gasteiger partial charge in [0.05, 0.1) is 11.3 Å². The number of carbonyl (C=O) groups is 2. The third-order valence-corrected chi connectivity index (χ3v) is 3.88. The first kappa shape index (κ1) is 12.7. The van der Waals surface area contributed by atoms with Gasteiger partial charge < -0.3 is 11.1 Å². The van der Waals surface area contributed by atoms with Gasteiger partial charge in [-0.25, -0.2) is 0 Å². The Hall–Kier alpha value is -1.76. The van der Waals surface area contributed by atoms with E-state index in [-0.39, 0.29) is 26.6 Å². The van der Waals surface area contributed by atoms with E-state index in [9.17, 15) is 9.59 Å². The lowest BCUT2D eigenvalue weighted by Crippen LogP contribution is -2.19. The first-order chi connectivity index (χ1) is 8.68. The Morgan fingerprint density at radius 1 is 1.22 bits per heavy atom. The summed E-state index contributed by atoms with van der Waals surface area (Å²) in [5, 5.41) is 2.69. The van der Waals surface area contributed by atoms with E-state index in [0.29, 0.717) is 16.8 Å². The topological polar surface area (TPSA) is 72.2 Å². The molecule has 5 heteroatoms. The summed E-state index contributed by atoms with van der Waals surface area (Å²) in [4.78, 5) is 23.2. The Balaban J connectivity index is 2.22. The molecule has 18 heavy (non-hydrogen) atoms. The van der Waals surface area contributed by atoms with Gasteiger partial charge in [-0.15, -0.1) is 0 Å². The normalized spacial score (nSPS) is 13.4. The molecule has 1 aromatic carbocycles. The van der Waals surface area contributed by atoms with Crippen LogP contribution in [0.3, 0.4) is 0 Å².